The largest absolute Gasteiger partial charge is 0.445 e. The maximum atomic E-state index is 12.5. The van der Waals surface area contributed by atoms with Gasteiger partial charge in [0.05, 0.1) is 6.04 Å². The molecule has 7 nitrogen and oxygen atoms in total. The number of nitrogens with zero attached hydrogens (tertiary/aromatic N) is 2. The summed E-state index contributed by atoms with van der Waals surface area (Å²) in [4.78, 5) is 28.4. The Balaban J connectivity index is 2.05. The zero-order valence-corrected chi connectivity index (χ0v) is 17.9. The topological polar surface area (TPSA) is 71.1 Å². The Morgan fingerprint density at radius 2 is 1.97 bits per heavy atom. The average Bonchev–Trinajstić information content (AvgIpc) is 2.66. The summed E-state index contributed by atoms with van der Waals surface area (Å²) >= 11 is 0. The second kappa shape index (κ2) is 10.3. The Kier molecular flexibility index (Phi) is 8.08. The molecule has 2 amide bonds. The fraction of sp³-hybridized carbons (Fsp3) is 0.545. The maximum absolute atomic E-state index is 12.5. The third-order valence-electron chi connectivity index (χ3n) is 4.68. The van der Waals surface area contributed by atoms with E-state index in [2.05, 4.69) is 16.8 Å². The lowest BCUT2D eigenvalue weighted by atomic mass is 10.0. The van der Waals surface area contributed by atoms with E-state index in [1.165, 1.54) is 6.08 Å². The second-order valence-electron chi connectivity index (χ2n) is 8.21. The van der Waals surface area contributed by atoms with Crippen LogP contribution in [0.5, 0.6) is 0 Å². The predicted molar refractivity (Wildman–Crippen MR) is 113 cm³/mol. The first-order valence-electron chi connectivity index (χ1n) is 10.0. The van der Waals surface area contributed by atoms with Crippen molar-refractivity contribution < 1.29 is 19.1 Å². The van der Waals surface area contributed by atoms with E-state index >= 15 is 0 Å². The zero-order valence-electron chi connectivity index (χ0n) is 17.9. The molecule has 2 atom stereocenters. The van der Waals surface area contributed by atoms with Gasteiger partial charge in [0.25, 0.3) is 0 Å². The minimum absolute atomic E-state index is 0.00229. The molecule has 1 aliphatic heterocycles. The standard InChI is InChI=1S/C22H33N3O4/c1-6-14-28-20(26)23-15-19(18-10-8-7-9-11-18)24-12-13-25(17(2)16-24)21(27)29-22(3,4)5/h6-11,17,19H,1,12-16H2,2-5H3,(H,23,26)/t17-,19-/m1/s1. The molecule has 1 fully saturated rings. The van der Waals surface area contributed by atoms with Gasteiger partial charge in [0, 0.05) is 32.2 Å². The van der Waals surface area contributed by atoms with Crippen LogP contribution in [0.3, 0.4) is 0 Å². The third-order valence-corrected chi connectivity index (χ3v) is 4.68. The molecule has 160 valence electrons. The summed E-state index contributed by atoms with van der Waals surface area (Å²) in [7, 11) is 0. The van der Waals surface area contributed by atoms with Crippen molar-refractivity contribution >= 4 is 12.2 Å². The van der Waals surface area contributed by atoms with E-state index in [1.54, 1.807) is 4.90 Å². The second-order valence-corrected chi connectivity index (χ2v) is 8.21. The van der Waals surface area contributed by atoms with Gasteiger partial charge >= 0.3 is 12.2 Å². The first-order chi connectivity index (χ1) is 13.7. The molecule has 0 unspecified atom stereocenters. The van der Waals surface area contributed by atoms with Crippen LogP contribution in [0.1, 0.15) is 39.3 Å². The number of benzene rings is 1. The molecular weight excluding hydrogens is 370 g/mol. The first-order valence-corrected chi connectivity index (χ1v) is 10.0. The molecule has 0 saturated carbocycles. The Labute approximate surface area is 173 Å². The van der Waals surface area contributed by atoms with Crippen LogP contribution >= 0.6 is 0 Å². The van der Waals surface area contributed by atoms with Gasteiger partial charge in [-0.1, -0.05) is 43.0 Å². The van der Waals surface area contributed by atoms with Crippen molar-refractivity contribution in [2.24, 2.45) is 0 Å². The van der Waals surface area contributed by atoms with Crippen LogP contribution in [0.4, 0.5) is 9.59 Å². The Morgan fingerprint density at radius 1 is 1.28 bits per heavy atom. The molecule has 2 rings (SSSR count). The molecule has 1 aliphatic rings. The lowest BCUT2D eigenvalue weighted by Crippen LogP contribution is -2.56. The number of amides is 2. The Morgan fingerprint density at radius 3 is 2.55 bits per heavy atom. The molecular formula is C22H33N3O4. The summed E-state index contributed by atoms with van der Waals surface area (Å²) in [6.07, 6.45) is 0.782. The van der Waals surface area contributed by atoms with Gasteiger partial charge in [-0.15, -0.1) is 0 Å². The minimum atomic E-state index is -0.518. The van der Waals surface area contributed by atoms with Crippen molar-refractivity contribution in [2.45, 2.75) is 45.4 Å². The molecule has 29 heavy (non-hydrogen) atoms. The molecule has 1 saturated heterocycles. The summed E-state index contributed by atoms with van der Waals surface area (Å²) in [5.41, 5.74) is 0.588. The van der Waals surface area contributed by atoms with Crippen molar-refractivity contribution in [3.63, 3.8) is 0 Å². The van der Waals surface area contributed by atoms with Gasteiger partial charge in [0.2, 0.25) is 0 Å². The van der Waals surface area contributed by atoms with E-state index in [9.17, 15) is 9.59 Å². The van der Waals surface area contributed by atoms with E-state index in [0.29, 0.717) is 26.2 Å². The molecule has 0 spiro atoms. The summed E-state index contributed by atoms with van der Waals surface area (Å²) in [6, 6.07) is 10.0. The van der Waals surface area contributed by atoms with Crippen LogP contribution in [0.2, 0.25) is 0 Å². The highest BCUT2D eigenvalue weighted by molar-refractivity contribution is 5.69. The number of hydrogen-bond acceptors (Lipinski definition) is 5. The molecule has 1 N–H and O–H groups in total. The molecule has 0 bridgehead atoms. The number of nitrogens with one attached hydrogen (secondary N) is 1. The van der Waals surface area contributed by atoms with E-state index in [4.69, 9.17) is 9.47 Å². The van der Waals surface area contributed by atoms with Crippen molar-refractivity contribution in [1.29, 1.82) is 0 Å². The van der Waals surface area contributed by atoms with Crippen molar-refractivity contribution in [1.82, 2.24) is 15.1 Å². The number of carbonyl (C=O) groups is 2. The number of piperazine rings is 1. The number of ether oxygens (including phenoxy) is 2. The smallest absolute Gasteiger partial charge is 0.410 e. The summed E-state index contributed by atoms with van der Waals surface area (Å²) in [6.45, 7) is 13.7. The van der Waals surface area contributed by atoms with Crippen LogP contribution in [0.15, 0.2) is 43.0 Å². The molecule has 0 aromatic heterocycles. The zero-order chi connectivity index (χ0) is 21.4. The number of hydrogen-bond donors (Lipinski definition) is 1. The van der Waals surface area contributed by atoms with Gasteiger partial charge in [-0.05, 0) is 33.3 Å². The highest BCUT2D eigenvalue weighted by Gasteiger charge is 2.34. The van der Waals surface area contributed by atoms with Gasteiger partial charge in [-0.2, -0.15) is 0 Å². The van der Waals surface area contributed by atoms with Crippen molar-refractivity contribution in [2.75, 3.05) is 32.8 Å². The van der Waals surface area contributed by atoms with Crippen LogP contribution in [0.25, 0.3) is 0 Å². The van der Waals surface area contributed by atoms with Crippen molar-refractivity contribution in [3.8, 4) is 0 Å². The fourth-order valence-corrected chi connectivity index (χ4v) is 3.36. The predicted octanol–water partition coefficient (Wildman–Crippen LogP) is 3.58. The van der Waals surface area contributed by atoms with Gasteiger partial charge in [0.15, 0.2) is 0 Å². The van der Waals surface area contributed by atoms with Gasteiger partial charge in [-0.25, -0.2) is 9.59 Å². The molecule has 1 aromatic rings. The van der Waals surface area contributed by atoms with E-state index < -0.39 is 11.7 Å². The van der Waals surface area contributed by atoms with Gasteiger partial charge in [-0.3, -0.25) is 4.90 Å². The SMILES string of the molecule is C=CCOC(=O)NC[C@H](c1ccccc1)N1CCN(C(=O)OC(C)(C)C)[C@H](C)C1. The van der Waals surface area contributed by atoms with Gasteiger partial charge in [0.1, 0.15) is 12.2 Å². The normalized spacial score (nSPS) is 18.6. The van der Waals surface area contributed by atoms with E-state index in [0.717, 1.165) is 5.56 Å². The third kappa shape index (κ3) is 7.09. The first kappa shape index (κ1) is 22.7. The van der Waals surface area contributed by atoms with Crippen LogP contribution in [0, 0.1) is 0 Å². The van der Waals surface area contributed by atoms with E-state index in [1.807, 2.05) is 58.0 Å². The average molecular weight is 404 g/mol. The Bertz CT molecular complexity index is 687. The molecule has 0 radical (unpaired) electrons. The fourth-order valence-electron chi connectivity index (χ4n) is 3.36. The Hall–Kier alpha value is -2.54. The number of rotatable bonds is 6. The lowest BCUT2D eigenvalue weighted by Gasteiger charge is -2.43. The highest BCUT2D eigenvalue weighted by Crippen LogP contribution is 2.24. The van der Waals surface area contributed by atoms with Gasteiger partial charge < -0.3 is 19.7 Å². The highest BCUT2D eigenvalue weighted by atomic mass is 16.6. The van der Waals surface area contributed by atoms with Crippen LogP contribution in [-0.2, 0) is 9.47 Å². The minimum Gasteiger partial charge on any atom is -0.445 e. The maximum Gasteiger partial charge on any atom is 0.410 e. The summed E-state index contributed by atoms with van der Waals surface area (Å²) in [5, 5.41) is 2.84. The van der Waals surface area contributed by atoms with Crippen LogP contribution in [-0.4, -0.2) is 66.4 Å². The monoisotopic (exact) mass is 403 g/mol. The number of alkyl carbamates (subject to hydrolysis) is 1. The lowest BCUT2D eigenvalue weighted by molar-refractivity contribution is -0.00448. The molecule has 7 heteroatoms. The number of carbonyl (C=O) groups excluding carboxylic acids is 2. The molecule has 1 heterocycles. The summed E-state index contributed by atoms with van der Waals surface area (Å²) in [5.74, 6) is 0. The molecule has 1 aromatic carbocycles. The summed E-state index contributed by atoms with van der Waals surface area (Å²) < 4.78 is 10.6. The molecule has 0 aliphatic carbocycles. The van der Waals surface area contributed by atoms with E-state index in [-0.39, 0.29) is 24.8 Å². The van der Waals surface area contributed by atoms with Crippen LogP contribution < -0.4 is 5.32 Å². The quantitative estimate of drug-likeness (QED) is 0.735. The van der Waals surface area contributed by atoms with Crippen molar-refractivity contribution in [3.05, 3.63) is 48.6 Å².